The number of amides is 3. The van der Waals surface area contributed by atoms with Gasteiger partial charge in [-0.15, -0.1) is 0 Å². The number of fused-ring (bicyclic) bond motifs is 1. The molecule has 0 unspecified atom stereocenters. The van der Waals surface area contributed by atoms with E-state index in [4.69, 9.17) is 4.52 Å². The number of aromatic nitrogens is 1. The van der Waals surface area contributed by atoms with E-state index in [0.29, 0.717) is 24.8 Å². The predicted octanol–water partition coefficient (Wildman–Crippen LogP) is 2.79. The SMILES string of the molecule is Cc1nocc1C(=O)N[C@H](C(=O)N[C@@H](Cc1ccccc1)[C@H](O)CN1C[C@H]2CCCC[C@H]2C[C@H]1C(=O)NC(C)(C)C)C(C)(C)S(C)(=O)=O. The highest BCUT2D eigenvalue weighted by molar-refractivity contribution is 7.92. The molecule has 1 saturated carbocycles. The molecule has 2 aliphatic rings. The maximum Gasteiger partial charge on any atom is 0.257 e. The number of aliphatic hydroxyl groups is 1. The Labute approximate surface area is 284 Å². The van der Waals surface area contributed by atoms with Crippen molar-refractivity contribution in [1.29, 1.82) is 0 Å². The molecule has 0 radical (unpaired) electrons. The standard InChI is InChI=1S/C35H53N5O7S/c1-22-26(21-47-39-22)31(42)37-30(35(5,6)48(7,45)46)33(44)36-27(17-23-13-9-8-10-14-23)29(41)20-40-19-25-16-12-11-15-24(25)18-28(40)32(43)38-34(2,3)4/h8-10,13-14,21,24-25,27-30,41H,11-12,15-20H2,1-7H3,(H,36,44)(H,37,42)(H,38,43)/t24-,25+,27-,28-,29+,30+/m0/s1. The summed E-state index contributed by atoms with van der Waals surface area (Å²) in [5.41, 5.74) is 0.778. The zero-order valence-electron chi connectivity index (χ0n) is 29.3. The van der Waals surface area contributed by atoms with Crippen molar-refractivity contribution in [2.45, 2.75) is 115 Å². The number of hydrogen-bond donors (Lipinski definition) is 4. The summed E-state index contributed by atoms with van der Waals surface area (Å²) >= 11 is 0. The van der Waals surface area contributed by atoms with E-state index in [0.717, 1.165) is 43.8 Å². The molecule has 1 saturated heterocycles. The van der Waals surface area contributed by atoms with Crippen LogP contribution in [-0.2, 0) is 25.8 Å². The number of aliphatic hydroxyl groups excluding tert-OH is 1. The van der Waals surface area contributed by atoms with Gasteiger partial charge in [-0.25, -0.2) is 8.42 Å². The van der Waals surface area contributed by atoms with Crippen LogP contribution in [0.5, 0.6) is 0 Å². The molecule has 4 N–H and O–H groups in total. The first-order chi connectivity index (χ1) is 22.4. The Kier molecular flexibility index (Phi) is 11.8. The molecule has 4 rings (SSSR count). The first kappa shape index (κ1) is 37.5. The van der Waals surface area contributed by atoms with Crippen molar-refractivity contribution in [3.05, 3.63) is 53.4 Å². The number of sulfone groups is 1. The van der Waals surface area contributed by atoms with E-state index in [9.17, 15) is 27.9 Å². The van der Waals surface area contributed by atoms with Crippen LogP contribution in [0.4, 0.5) is 0 Å². The second-order valence-electron chi connectivity index (χ2n) is 15.2. The van der Waals surface area contributed by atoms with E-state index in [2.05, 4.69) is 26.0 Å². The van der Waals surface area contributed by atoms with Crippen molar-refractivity contribution in [3.63, 3.8) is 0 Å². The molecule has 1 aromatic carbocycles. The van der Waals surface area contributed by atoms with Crippen LogP contribution in [0.3, 0.4) is 0 Å². The Morgan fingerprint density at radius 1 is 1.04 bits per heavy atom. The third-order valence-electron chi connectivity index (χ3n) is 10.00. The maximum atomic E-state index is 14.1. The first-order valence-electron chi connectivity index (χ1n) is 16.9. The Hall–Kier alpha value is -3.29. The van der Waals surface area contributed by atoms with Crippen molar-refractivity contribution < 1.29 is 32.4 Å². The summed E-state index contributed by atoms with van der Waals surface area (Å²) in [5.74, 6) is -0.694. The topological polar surface area (TPSA) is 171 Å². The van der Waals surface area contributed by atoms with Gasteiger partial charge in [0, 0.05) is 24.9 Å². The average molecular weight is 688 g/mol. The maximum absolute atomic E-state index is 14.1. The lowest BCUT2D eigenvalue weighted by atomic mass is 9.72. The summed E-state index contributed by atoms with van der Waals surface area (Å²) in [6, 6.07) is 6.52. The molecule has 12 nitrogen and oxygen atoms in total. The van der Waals surface area contributed by atoms with Crippen LogP contribution in [-0.4, -0.2) is 95.2 Å². The van der Waals surface area contributed by atoms with Crippen LogP contribution < -0.4 is 16.0 Å². The summed E-state index contributed by atoms with van der Waals surface area (Å²) in [6.07, 6.45) is 6.41. The summed E-state index contributed by atoms with van der Waals surface area (Å²) in [7, 11) is -3.88. The fourth-order valence-electron chi connectivity index (χ4n) is 6.90. The predicted molar refractivity (Wildman–Crippen MR) is 183 cm³/mol. The van der Waals surface area contributed by atoms with Gasteiger partial charge in [0.1, 0.15) is 17.9 Å². The van der Waals surface area contributed by atoms with Crippen molar-refractivity contribution in [3.8, 4) is 0 Å². The molecule has 2 heterocycles. The summed E-state index contributed by atoms with van der Waals surface area (Å²) < 4.78 is 29.1. The van der Waals surface area contributed by atoms with Crippen LogP contribution in [0.2, 0.25) is 0 Å². The molecule has 1 aliphatic heterocycles. The van der Waals surface area contributed by atoms with Gasteiger partial charge in [-0.3, -0.25) is 19.3 Å². The third kappa shape index (κ3) is 9.23. The summed E-state index contributed by atoms with van der Waals surface area (Å²) in [4.78, 5) is 43.0. The molecule has 48 heavy (non-hydrogen) atoms. The molecule has 1 aliphatic carbocycles. The monoisotopic (exact) mass is 687 g/mol. The third-order valence-corrected chi connectivity index (χ3v) is 12.1. The van der Waals surface area contributed by atoms with Gasteiger partial charge in [0.25, 0.3) is 5.91 Å². The molecule has 0 bridgehead atoms. The number of carbonyl (C=O) groups is 3. The number of carbonyl (C=O) groups excluding carboxylic acids is 3. The highest BCUT2D eigenvalue weighted by Crippen LogP contribution is 2.39. The van der Waals surface area contributed by atoms with Crippen molar-refractivity contribution in [2.24, 2.45) is 11.8 Å². The van der Waals surface area contributed by atoms with Gasteiger partial charge in [-0.1, -0.05) is 54.8 Å². The lowest BCUT2D eigenvalue weighted by Gasteiger charge is -2.47. The molecular formula is C35H53N5O7S. The average Bonchev–Trinajstić information content (AvgIpc) is 3.43. The highest BCUT2D eigenvalue weighted by Gasteiger charge is 2.46. The van der Waals surface area contributed by atoms with Crippen LogP contribution >= 0.6 is 0 Å². The lowest BCUT2D eigenvalue weighted by molar-refractivity contribution is -0.133. The fraction of sp³-hybridized carbons (Fsp3) is 0.657. The summed E-state index contributed by atoms with van der Waals surface area (Å²) in [6.45, 7) is 10.9. The number of hydrogen-bond acceptors (Lipinski definition) is 9. The second-order valence-corrected chi connectivity index (χ2v) is 17.8. The van der Waals surface area contributed by atoms with Crippen LogP contribution in [0.25, 0.3) is 0 Å². The van der Waals surface area contributed by atoms with Gasteiger partial charge in [0.15, 0.2) is 9.84 Å². The fourth-order valence-corrected chi connectivity index (χ4v) is 7.49. The van der Waals surface area contributed by atoms with E-state index in [1.165, 1.54) is 13.8 Å². The van der Waals surface area contributed by atoms with Gasteiger partial charge < -0.3 is 25.6 Å². The minimum absolute atomic E-state index is 0.0728. The van der Waals surface area contributed by atoms with E-state index in [-0.39, 0.29) is 30.1 Å². The molecule has 266 valence electrons. The number of aryl methyl sites for hydroxylation is 1. The number of nitrogens with one attached hydrogen (secondary N) is 3. The van der Waals surface area contributed by atoms with E-state index < -0.39 is 56.2 Å². The van der Waals surface area contributed by atoms with Gasteiger partial charge in [-0.05, 0) is 78.2 Å². The molecule has 0 spiro atoms. The number of likely N-dealkylation sites (tertiary alicyclic amines) is 1. The quantitative estimate of drug-likeness (QED) is 0.262. The van der Waals surface area contributed by atoms with Gasteiger partial charge in [-0.2, -0.15) is 0 Å². The van der Waals surface area contributed by atoms with Crippen molar-refractivity contribution in [2.75, 3.05) is 19.3 Å². The number of β-amino-alcohol motifs (C(OH)–C–C–N with tert-alkyl or cyclic N) is 1. The molecule has 6 atom stereocenters. The largest absolute Gasteiger partial charge is 0.390 e. The van der Waals surface area contributed by atoms with E-state index in [1.807, 2.05) is 51.1 Å². The molecule has 13 heteroatoms. The minimum atomic E-state index is -3.88. The van der Waals surface area contributed by atoms with Crippen molar-refractivity contribution in [1.82, 2.24) is 26.0 Å². The second kappa shape index (κ2) is 15.1. The molecule has 1 aromatic heterocycles. The Bertz CT molecular complexity index is 1540. The first-order valence-corrected chi connectivity index (χ1v) is 18.8. The van der Waals surface area contributed by atoms with Crippen LogP contribution in [0.1, 0.15) is 88.3 Å². The molecule has 2 fully saturated rings. The Balaban J connectivity index is 1.63. The molecule has 3 amide bonds. The van der Waals surface area contributed by atoms with Gasteiger partial charge >= 0.3 is 0 Å². The van der Waals surface area contributed by atoms with Gasteiger partial charge in [0.05, 0.1) is 28.6 Å². The number of nitrogens with zero attached hydrogens (tertiary/aromatic N) is 2. The minimum Gasteiger partial charge on any atom is -0.390 e. The zero-order valence-corrected chi connectivity index (χ0v) is 30.1. The smallest absolute Gasteiger partial charge is 0.257 e. The van der Waals surface area contributed by atoms with Gasteiger partial charge in [0.2, 0.25) is 11.8 Å². The van der Waals surface area contributed by atoms with Crippen molar-refractivity contribution >= 4 is 27.6 Å². The number of benzene rings is 1. The summed E-state index contributed by atoms with van der Waals surface area (Å²) in [5, 5.41) is 24.2. The lowest BCUT2D eigenvalue weighted by Crippen LogP contribution is -2.64. The Morgan fingerprint density at radius 2 is 1.69 bits per heavy atom. The van der Waals surface area contributed by atoms with E-state index >= 15 is 0 Å². The van der Waals surface area contributed by atoms with Crippen LogP contribution in [0.15, 0.2) is 41.1 Å². The zero-order chi connectivity index (χ0) is 35.4. The molecular weight excluding hydrogens is 634 g/mol. The Morgan fingerprint density at radius 3 is 2.27 bits per heavy atom. The molecule has 2 aromatic rings. The number of rotatable bonds is 12. The highest BCUT2D eigenvalue weighted by atomic mass is 32.2. The normalized spacial score (nSPS) is 22.5. The number of piperidine rings is 1. The van der Waals surface area contributed by atoms with Crippen LogP contribution in [0, 0.1) is 18.8 Å². The van der Waals surface area contributed by atoms with E-state index in [1.54, 1.807) is 6.92 Å².